The summed E-state index contributed by atoms with van der Waals surface area (Å²) in [4.78, 5) is 12.6. The van der Waals surface area contributed by atoms with Crippen molar-refractivity contribution in [2.45, 2.75) is 30.8 Å². The van der Waals surface area contributed by atoms with Crippen LogP contribution in [-0.4, -0.2) is 17.4 Å². The van der Waals surface area contributed by atoms with Crippen molar-refractivity contribution in [2.24, 2.45) is 0 Å². The van der Waals surface area contributed by atoms with Crippen molar-refractivity contribution in [2.75, 3.05) is 16.8 Å². The van der Waals surface area contributed by atoms with Gasteiger partial charge in [0, 0.05) is 22.8 Å². The molecular formula is C20H23NOS2. The van der Waals surface area contributed by atoms with Crippen molar-refractivity contribution in [1.82, 2.24) is 0 Å². The van der Waals surface area contributed by atoms with E-state index in [1.54, 1.807) is 0 Å². The van der Waals surface area contributed by atoms with Gasteiger partial charge in [0.1, 0.15) is 0 Å². The van der Waals surface area contributed by atoms with Crippen LogP contribution in [-0.2, 0) is 0 Å². The zero-order valence-corrected chi connectivity index (χ0v) is 15.8. The summed E-state index contributed by atoms with van der Waals surface area (Å²) in [5, 5.41) is 3.08. The van der Waals surface area contributed by atoms with Crippen molar-refractivity contribution in [3.05, 3.63) is 65.2 Å². The van der Waals surface area contributed by atoms with Crippen LogP contribution in [0, 0.1) is 0 Å². The highest BCUT2D eigenvalue weighted by atomic mass is 32.2. The molecule has 0 radical (unpaired) electrons. The molecule has 1 amide bonds. The van der Waals surface area contributed by atoms with Gasteiger partial charge in [0.05, 0.1) is 4.58 Å². The maximum Gasteiger partial charge on any atom is 0.255 e. The number of amides is 1. The van der Waals surface area contributed by atoms with Crippen LogP contribution in [0.1, 0.15) is 52.3 Å². The normalized spacial score (nSPS) is 16.1. The van der Waals surface area contributed by atoms with E-state index in [-0.39, 0.29) is 5.91 Å². The molecule has 1 aliphatic heterocycles. The van der Waals surface area contributed by atoms with Crippen LogP contribution in [0.5, 0.6) is 0 Å². The third kappa shape index (κ3) is 3.98. The quantitative estimate of drug-likeness (QED) is 0.719. The Labute approximate surface area is 152 Å². The first kappa shape index (κ1) is 17.4. The van der Waals surface area contributed by atoms with E-state index in [2.05, 4.69) is 37.4 Å². The Hall–Kier alpha value is -1.39. The molecule has 24 heavy (non-hydrogen) atoms. The Bertz CT molecular complexity index is 693. The van der Waals surface area contributed by atoms with E-state index >= 15 is 0 Å². The molecule has 1 N–H and O–H groups in total. The Morgan fingerprint density at radius 3 is 2.46 bits per heavy atom. The van der Waals surface area contributed by atoms with Gasteiger partial charge >= 0.3 is 0 Å². The predicted octanol–water partition coefficient (Wildman–Crippen LogP) is 5.93. The van der Waals surface area contributed by atoms with Crippen LogP contribution < -0.4 is 5.32 Å². The zero-order chi connectivity index (χ0) is 16.9. The predicted molar refractivity (Wildman–Crippen MR) is 107 cm³/mol. The molecule has 3 rings (SSSR count). The van der Waals surface area contributed by atoms with Crippen LogP contribution >= 0.6 is 23.5 Å². The third-order valence-corrected chi connectivity index (χ3v) is 7.52. The van der Waals surface area contributed by atoms with Crippen LogP contribution in [0.2, 0.25) is 0 Å². The van der Waals surface area contributed by atoms with Gasteiger partial charge in [0.15, 0.2) is 0 Å². The van der Waals surface area contributed by atoms with Crippen LogP contribution in [0.15, 0.2) is 48.5 Å². The minimum atomic E-state index is -0.0379. The van der Waals surface area contributed by atoms with E-state index in [9.17, 15) is 4.79 Å². The molecule has 0 aromatic heterocycles. The van der Waals surface area contributed by atoms with Gasteiger partial charge in [-0.25, -0.2) is 0 Å². The van der Waals surface area contributed by atoms with Crippen LogP contribution in [0.25, 0.3) is 0 Å². The molecule has 2 nitrogen and oxygen atoms in total. The SMILES string of the molecule is CC[C@@H](C)c1ccccc1NC(=O)c1ccc(C2SCCS2)cc1. The maximum absolute atomic E-state index is 12.6. The molecule has 1 aliphatic rings. The average molecular weight is 358 g/mol. The van der Waals surface area contributed by atoms with Gasteiger partial charge in [0.2, 0.25) is 0 Å². The zero-order valence-electron chi connectivity index (χ0n) is 14.1. The van der Waals surface area contributed by atoms with Gasteiger partial charge in [-0.05, 0) is 41.7 Å². The maximum atomic E-state index is 12.6. The standard InChI is InChI=1S/C20H23NOS2/c1-3-14(2)17-6-4-5-7-18(17)21-19(22)15-8-10-16(11-9-15)20-23-12-13-24-20/h4-11,14,20H,3,12-13H2,1-2H3,(H,21,22)/t14-/m1/s1. The van der Waals surface area contributed by atoms with Gasteiger partial charge in [-0.2, -0.15) is 0 Å². The van der Waals surface area contributed by atoms with E-state index in [1.807, 2.05) is 53.9 Å². The van der Waals surface area contributed by atoms with Gasteiger partial charge < -0.3 is 5.32 Å². The summed E-state index contributed by atoms with van der Waals surface area (Å²) >= 11 is 3.96. The number of nitrogens with one attached hydrogen (secondary N) is 1. The number of carbonyl (C=O) groups excluding carboxylic acids is 1. The van der Waals surface area contributed by atoms with Crippen molar-refractivity contribution >= 4 is 35.1 Å². The van der Waals surface area contributed by atoms with E-state index in [0.717, 1.165) is 12.1 Å². The van der Waals surface area contributed by atoms with Gasteiger partial charge in [-0.15, -0.1) is 23.5 Å². The summed E-state index contributed by atoms with van der Waals surface area (Å²) in [5.41, 5.74) is 4.14. The Balaban J connectivity index is 1.73. The number of para-hydroxylation sites is 1. The smallest absolute Gasteiger partial charge is 0.255 e. The molecule has 1 saturated heterocycles. The molecule has 126 valence electrons. The third-order valence-electron chi connectivity index (χ3n) is 4.42. The summed E-state index contributed by atoms with van der Waals surface area (Å²) in [6.07, 6.45) is 1.05. The lowest BCUT2D eigenvalue weighted by atomic mass is 9.97. The molecule has 0 spiro atoms. The molecule has 4 heteroatoms. The molecule has 1 fully saturated rings. The van der Waals surface area contributed by atoms with Crippen molar-refractivity contribution in [3.8, 4) is 0 Å². The largest absolute Gasteiger partial charge is 0.322 e. The molecule has 1 heterocycles. The minimum Gasteiger partial charge on any atom is -0.322 e. The lowest BCUT2D eigenvalue weighted by Crippen LogP contribution is -2.14. The first-order valence-corrected chi connectivity index (χ1v) is 10.5. The van der Waals surface area contributed by atoms with E-state index in [0.29, 0.717) is 16.1 Å². The highest BCUT2D eigenvalue weighted by Crippen LogP contribution is 2.45. The van der Waals surface area contributed by atoms with E-state index < -0.39 is 0 Å². The fraction of sp³-hybridized carbons (Fsp3) is 0.350. The molecule has 2 aromatic rings. The molecule has 0 aliphatic carbocycles. The average Bonchev–Trinajstić information content (AvgIpc) is 3.16. The molecule has 0 unspecified atom stereocenters. The summed E-state index contributed by atoms with van der Waals surface area (Å²) in [6, 6.07) is 16.1. The van der Waals surface area contributed by atoms with Crippen LogP contribution in [0.3, 0.4) is 0 Å². The summed E-state index contributed by atoms with van der Waals surface area (Å²) in [5.74, 6) is 2.82. The molecule has 0 bridgehead atoms. The minimum absolute atomic E-state index is 0.0379. The number of hydrogen-bond donors (Lipinski definition) is 1. The van der Waals surface area contributed by atoms with Gasteiger partial charge in [-0.3, -0.25) is 4.79 Å². The number of anilines is 1. The van der Waals surface area contributed by atoms with E-state index in [4.69, 9.17) is 0 Å². The topological polar surface area (TPSA) is 29.1 Å². The monoisotopic (exact) mass is 357 g/mol. The fourth-order valence-corrected chi connectivity index (χ4v) is 5.66. The highest BCUT2D eigenvalue weighted by molar-refractivity contribution is 8.19. The molecule has 2 aromatic carbocycles. The number of carbonyl (C=O) groups is 1. The lowest BCUT2D eigenvalue weighted by molar-refractivity contribution is 0.102. The summed E-state index contributed by atoms with van der Waals surface area (Å²) < 4.78 is 0.522. The Morgan fingerprint density at radius 1 is 1.12 bits per heavy atom. The Morgan fingerprint density at radius 2 is 1.79 bits per heavy atom. The lowest BCUT2D eigenvalue weighted by Gasteiger charge is -2.16. The summed E-state index contributed by atoms with van der Waals surface area (Å²) in [7, 11) is 0. The van der Waals surface area contributed by atoms with Gasteiger partial charge in [0.25, 0.3) is 5.91 Å². The van der Waals surface area contributed by atoms with Crippen molar-refractivity contribution in [3.63, 3.8) is 0 Å². The number of rotatable bonds is 5. The number of benzene rings is 2. The van der Waals surface area contributed by atoms with Crippen LogP contribution in [0.4, 0.5) is 5.69 Å². The van der Waals surface area contributed by atoms with Gasteiger partial charge in [-0.1, -0.05) is 44.2 Å². The Kier molecular flexibility index (Phi) is 5.90. The molecule has 1 atom stereocenters. The van der Waals surface area contributed by atoms with E-state index in [1.165, 1.54) is 22.6 Å². The fourth-order valence-electron chi connectivity index (χ4n) is 2.80. The second-order valence-corrected chi connectivity index (χ2v) is 8.77. The van der Waals surface area contributed by atoms with Crippen molar-refractivity contribution in [1.29, 1.82) is 0 Å². The first-order valence-electron chi connectivity index (χ1n) is 8.42. The first-order chi connectivity index (χ1) is 11.7. The second-order valence-electron chi connectivity index (χ2n) is 6.05. The number of hydrogen-bond acceptors (Lipinski definition) is 3. The highest BCUT2D eigenvalue weighted by Gasteiger charge is 2.18. The summed E-state index contributed by atoms with van der Waals surface area (Å²) in [6.45, 7) is 4.36. The second kappa shape index (κ2) is 8.13. The molecule has 0 saturated carbocycles. The molecular weight excluding hydrogens is 334 g/mol. The van der Waals surface area contributed by atoms with Crippen molar-refractivity contribution < 1.29 is 4.79 Å². The number of thioether (sulfide) groups is 2.